The van der Waals surface area contributed by atoms with Crippen LogP contribution in [0, 0.1) is 12.7 Å². The Morgan fingerprint density at radius 2 is 2.03 bits per heavy atom. The van der Waals surface area contributed by atoms with Gasteiger partial charge >= 0.3 is 0 Å². The third-order valence-corrected chi connectivity index (χ3v) is 5.94. The highest BCUT2D eigenvalue weighted by molar-refractivity contribution is 5.92. The predicted molar refractivity (Wildman–Crippen MR) is 121 cm³/mol. The first-order valence-electron chi connectivity index (χ1n) is 11.1. The number of anilines is 1. The minimum absolute atomic E-state index is 0.162. The monoisotopic (exact) mass is 428 g/mol. The molecule has 0 bridgehead atoms. The Balaban J connectivity index is 1.64. The van der Waals surface area contributed by atoms with Gasteiger partial charge in [-0.15, -0.1) is 0 Å². The van der Waals surface area contributed by atoms with Crippen LogP contribution in [0.4, 0.5) is 10.1 Å². The molecule has 1 fully saturated rings. The van der Waals surface area contributed by atoms with Gasteiger partial charge < -0.3 is 15.2 Å². The number of rotatable bonds is 9. The van der Waals surface area contributed by atoms with Crippen LogP contribution in [-0.4, -0.2) is 47.3 Å². The molecule has 0 saturated carbocycles. The zero-order chi connectivity index (χ0) is 22.3. The first kappa shape index (κ1) is 23.2. The molecule has 1 amide bonds. The van der Waals surface area contributed by atoms with Crippen LogP contribution >= 0.6 is 0 Å². The summed E-state index contributed by atoms with van der Waals surface area (Å²) in [5, 5.41) is 14.1. The van der Waals surface area contributed by atoms with E-state index in [-0.39, 0.29) is 18.3 Å². The Hall–Kier alpha value is -2.44. The molecule has 0 radical (unpaired) electrons. The average Bonchev–Trinajstić information content (AvgIpc) is 2.74. The first-order valence-corrected chi connectivity index (χ1v) is 11.1. The molecule has 2 aromatic rings. The topological polar surface area (TPSA) is 61.8 Å². The SMILES string of the molecule is CCCCC[C@]1(O)CCN(CC(=O)Nc2ccc(C)c(F)c2)C[C@@H]1Oc1ccccc1. The van der Waals surface area contributed by atoms with Crippen molar-refractivity contribution in [2.75, 3.05) is 25.0 Å². The largest absolute Gasteiger partial charge is 0.486 e. The number of unbranched alkanes of at least 4 members (excludes halogenated alkanes) is 2. The molecule has 0 aliphatic carbocycles. The summed E-state index contributed by atoms with van der Waals surface area (Å²) < 4.78 is 19.9. The van der Waals surface area contributed by atoms with Crippen molar-refractivity contribution >= 4 is 11.6 Å². The van der Waals surface area contributed by atoms with Gasteiger partial charge in [-0.3, -0.25) is 9.69 Å². The van der Waals surface area contributed by atoms with Crippen LogP contribution in [0.15, 0.2) is 48.5 Å². The third-order valence-electron chi connectivity index (χ3n) is 5.94. The van der Waals surface area contributed by atoms with Gasteiger partial charge in [0.05, 0.1) is 6.54 Å². The highest BCUT2D eigenvalue weighted by Gasteiger charge is 2.43. The first-order chi connectivity index (χ1) is 14.9. The van der Waals surface area contributed by atoms with Gasteiger partial charge in [0.2, 0.25) is 5.91 Å². The number of benzene rings is 2. The van der Waals surface area contributed by atoms with E-state index in [2.05, 4.69) is 12.2 Å². The maximum atomic E-state index is 13.8. The van der Waals surface area contributed by atoms with Crippen LogP contribution in [-0.2, 0) is 4.79 Å². The molecule has 0 spiro atoms. The maximum Gasteiger partial charge on any atom is 0.238 e. The summed E-state index contributed by atoms with van der Waals surface area (Å²) in [5.74, 6) is 0.158. The molecule has 2 atom stereocenters. The zero-order valence-electron chi connectivity index (χ0n) is 18.4. The average molecular weight is 429 g/mol. The number of piperidine rings is 1. The van der Waals surface area contributed by atoms with Crippen LogP contribution in [0.5, 0.6) is 5.75 Å². The summed E-state index contributed by atoms with van der Waals surface area (Å²) in [7, 11) is 0. The van der Waals surface area contributed by atoms with E-state index in [0.29, 0.717) is 42.9 Å². The van der Waals surface area contributed by atoms with Crippen LogP contribution in [0.2, 0.25) is 0 Å². The fraction of sp³-hybridized carbons (Fsp3) is 0.480. The van der Waals surface area contributed by atoms with Gasteiger partial charge in [-0.2, -0.15) is 0 Å². The molecule has 31 heavy (non-hydrogen) atoms. The molecule has 1 saturated heterocycles. The lowest BCUT2D eigenvalue weighted by Crippen LogP contribution is -2.58. The number of halogens is 1. The molecule has 5 nitrogen and oxygen atoms in total. The number of aliphatic hydroxyl groups is 1. The van der Waals surface area contributed by atoms with Gasteiger partial charge in [0.15, 0.2) is 0 Å². The van der Waals surface area contributed by atoms with Gasteiger partial charge in [0.1, 0.15) is 23.3 Å². The highest BCUT2D eigenvalue weighted by atomic mass is 19.1. The standard InChI is InChI=1S/C25H33FN2O3/c1-3-4-8-13-25(30)14-15-28(17-23(25)31-21-9-6-5-7-10-21)18-24(29)27-20-12-11-19(2)22(26)16-20/h5-7,9-12,16,23,30H,3-4,8,13-15,17-18H2,1-2H3,(H,27,29)/t23-,25-/m0/s1. The second-order valence-electron chi connectivity index (χ2n) is 8.48. The van der Waals surface area contributed by atoms with Crippen molar-refractivity contribution in [2.45, 2.75) is 57.7 Å². The van der Waals surface area contributed by atoms with E-state index >= 15 is 0 Å². The molecular weight excluding hydrogens is 395 g/mol. The second kappa shape index (κ2) is 10.7. The van der Waals surface area contributed by atoms with Crippen molar-refractivity contribution in [1.82, 2.24) is 4.90 Å². The van der Waals surface area contributed by atoms with E-state index in [9.17, 15) is 14.3 Å². The molecule has 1 aliphatic rings. The minimum atomic E-state index is -0.919. The molecule has 2 aromatic carbocycles. The van der Waals surface area contributed by atoms with Crippen molar-refractivity contribution in [2.24, 2.45) is 0 Å². The highest BCUT2D eigenvalue weighted by Crippen LogP contribution is 2.31. The molecule has 1 aliphatic heterocycles. The smallest absolute Gasteiger partial charge is 0.238 e. The van der Waals surface area contributed by atoms with Crippen LogP contribution in [0.3, 0.4) is 0 Å². The fourth-order valence-electron chi connectivity index (χ4n) is 4.00. The molecule has 6 heteroatoms. The number of aryl methyl sites for hydroxylation is 1. The van der Waals surface area contributed by atoms with Crippen molar-refractivity contribution in [1.29, 1.82) is 0 Å². The summed E-state index contributed by atoms with van der Waals surface area (Å²) in [5.41, 5.74) is 0.0634. The lowest BCUT2D eigenvalue weighted by molar-refractivity contribution is -0.127. The zero-order valence-corrected chi connectivity index (χ0v) is 18.4. The molecular formula is C25H33FN2O3. The number of carbonyl (C=O) groups is 1. The maximum absolute atomic E-state index is 13.8. The Morgan fingerprint density at radius 1 is 1.26 bits per heavy atom. The number of para-hydroxylation sites is 1. The Labute approximate surface area is 184 Å². The van der Waals surface area contributed by atoms with Gasteiger partial charge in [-0.25, -0.2) is 4.39 Å². The Morgan fingerprint density at radius 3 is 2.74 bits per heavy atom. The summed E-state index contributed by atoms with van der Waals surface area (Å²) in [4.78, 5) is 14.5. The number of carbonyl (C=O) groups excluding carboxylic acids is 1. The number of nitrogens with zero attached hydrogens (tertiary/aromatic N) is 1. The minimum Gasteiger partial charge on any atom is -0.486 e. The quantitative estimate of drug-likeness (QED) is 0.576. The second-order valence-corrected chi connectivity index (χ2v) is 8.48. The van der Waals surface area contributed by atoms with Crippen molar-refractivity contribution in [3.8, 4) is 5.75 Å². The number of amides is 1. The van der Waals surface area contributed by atoms with Crippen LogP contribution in [0.1, 0.15) is 44.6 Å². The van der Waals surface area contributed by atoms with Gasteiger partial charge in [-0.1, -0.05) is 50.5 Å². The van der Waals surface area contributed by atoms with E-state index in [0.717, 1.165) is 19.3 Å². The van der Waals surface area contributed by atoms with Gasteiger partial charge in [-0.05, 0) is 49.6 Å². The van der Waals surface area contributed by atoms with Gasteiger partial charge in [0, 0.05) is 18.8 Å². The number of ether oxygens (including phenoxy) is 1. The number of likely N-dealkylation sites (tertiary alicyclic amines) is 1. The molecule has 1 heterocycles. The number of nitrogens with one attached hydrogen (secondary N) is 1. The van der Waals surface area contributed by atoms with Gasteiger partial charge in [0.25, 0.3) is 0 Å². The van der Waals surface area contributed by atoms with Crippen molar-refractivity contribution in [3.63, 3.8) is 0 Å². The van der Waals surface area contributed by atoms with E-state index in [4.69, 9.17) is 4.74 Å². The summed E-state index contributed by atoms with van der Waals surface area (Å²) >= 11 is 0. The number of hydrogen-bond donors (Lipinski definition) is 2. The molecule has 0 aromatic heterocycles. The van der Waals surface area contributed by atoms with E-state index in [1.165, 1.54) is 6.07 Å². The predicted octanol–water partition coefficient (Wildman–Crippen LogP) is 4.54. The van der Waals surface area contributed by atoms with E-state index in [1.54, 1.807) is 19.1 Å². The lowest BCUT2D eigenvalue weighted by atomic mass is 9.83. The van der Waals surface area contributed by atoms with Crippen LogP contribution in [0.25, 0.3) is 0 Å². The van der Waals surface area contributed by atoms with Crippen LogP contribution < -0.4 is 10.1 Å². The summed E-state index contributed by atoms with van der Waals surface area (Å²) in [6, 6.07) is 14.2. The lowest BCUT2D eigenvalue weighted by Gasteiger charge is -2.44. The normalized spacial score (nSPS) is 21.6. The Bertz CT molecular complexity index is 861. The van der Waals surface area contributed by atoms with Crippen molar-refractivity contribution in [3.05, 3.63) is 59.9 Å². The summed E-state index contributed by atoms with van der Waals surface area (Å²) in [6.45, 7) is 5.04. The number of hydrogen-bond acceptors (Lipinski definition) is 4. The molecule has 168 valence electrons. The van der Waals surface area contributed by atoms with E-state index < -0.39 is 11.7 Å². The van der Waals surface area contributed by atoms with E-state index in [1.807, 2.05) is 35.2 Å². The Kier molecular flexibility index (Phi) is 8.04. The van der Waals surface area contributed by atoms with Crippen molar-refractivity contribution < 1.29 is 19.0 Å². The summed E-state index contributed by atoms with van der Waals surface area (Å²) in [6.07, 6.45) is 3.90. The molecule has 0 unspecified atom stereocenters. The molecule has 3 rings (SSSR count). The fourth-order valence-corrected chi connectivity index (χ4v) is 4.00. The third kappa shape index (κ3) is 6.52. The molecule has 2 N–H and O–H groups in total.